The highest BCUT2D eigenvalue weighted by Gasteiger charge is 2.25. The average Bonchev–Trinajstić information content (AvgIpc) is 2.76. The van der Waals surface area contributed by atoms with Crippen LogP contribution in [0.15, 0.2) is 68.6 Å². The molecular formula is C19H20N2O11S3. The van der Waals surface area contributed by atoms with Gasteiger partial charge in [0.1, 0.15) is 28.0 Å². The molecule has 0 aliphatic heterocycles. The highest BCUT2D eigenvalue weighted by atomic mass is 32.3. The van der Waals surface area contributed by atoms with Crippen LogP contribution in [0.25, 0.3) is 10.8 Å². The first-order valence-corrected chi connectivity index (χ1v) is 13.9. The summed E-state index contributed by atoms with van der Waals surface area (Å²) < 4.78 is 93.2. The fourth-order valence-corrected chi connectivity index (χ4v) is 5.18. The number of rotatable bonds is 9. The molecule has 0 atom stereocenters. The minimum absolute atomic E-state index is 0.0198. The van der Waals surface area contributed by atoms with Crippen LogP contribution in [-0.4, -0.2) is 59.6 Å². The second-order valence-corrected chi connectivity index (χ2v) is 11.6. The lowest BCUT2D eigenvalue weighted by Crippen LogP contribution is -2.15. The Morgan fingerprint density at radius 2 is 1.60 bits per heavy atom. The van der Waals surface area contributed by atoms with Crippen molar-refractivity contribution in [3.05, 3.63) is 48.5 Å². The summed E-state index contributed by atoms with van der Waals surface area (Å²) in [5.41, 5.74) is -0.444. The topological polar surface area (TPSA) is 213 Å². The van der Waals surface area contributed by atoms with Crippen molar-refractivity contribution in [2.75, 3.05) is 19.5 Å². The first-order chi connectivity index (χ1) is 16.2. The zero-order valence-electron chi connectivity index (χ0n) is 17.8. The summed E-state index contributed by atoms with van der Waals surface area (Å²) in [5, 5.41) is 19.1. The Balaban J connectivity index is 2.00. The fourth-order valence-electron chi connectivity index (χ4n) is 3.00. The summed E-state index contributed by atoms with van der Waals surface area (Å²) >= 11 is 0. The SMILES string of the molecule is COc1cc(S(=O)(=O)CCOS(=O)(=O)O)ccc1N=Nc1c(S(O)(O)O)cc2ccccc2c1O. The van der Waals surface area contributed by atoms with E-state index in [1.54, 1.807) is 24.3 Å². The number of hydrogen-bond donors (Lipinski definition) is 5. The molecule has 3 rings (SSSR count). The molecule has 0 radical (unpaired) electrons. The second kappa shape index (κ2) is 10.0. The first-order valence-electron chi connectivity index (χ1n) is 9.43. The van der Waals surface area contributed by atoms with Gasteiger partial charge in [-0.25, -0.2) is 12.6 Å². The summed E-state index contributed by atoms with van der Waals surface area (Å²) in [7, 11) is -11.9. The van der Waals surface area contributed by atoms with Gasteiger partial charge in [0.25, 0.3) is 0 Å². The lowest BCUT2D eigenvalue weighted by atomic mass is 10.1. The largest absolute Gasteiger partial charge is 0.505 e. The van der Waals surface area contributed by atoms with Crippen molar-refractivity contribution in [3.63, 3.8) is 0 Å². The molecule has 0 amide bonds. The van der Waals surface area contributed by atoms with Crippen molar-refractivity contribution in [1.82, 2.24) is 0 Å². The third-order valence-corrected chi connectivity index (χ3v) is 7.65. The molecule has 190 valence electrons. The molecule has 0 unspecified atom stereocenters. The molecule has 5 N–H and O–H groups in total. The molecule has 0 aliphatic carbocycles. The number of aromatic hydroxyl groups is 1. The highest BCUT2D eigenvalue weighted by molar-refractivity contribution is 8.19. The van der Waals surface area contributed by atoms with Gasteiger partial charge in [0.2, 0.25) is 0 Å². The number of azo groups is 1. The normalized spacial score (nSPS) is 13.4. The number of benzene rings is 3. The molecule has 13 nitrogen and oxygen atoms in total. The molecule has 0 saturated carbocycles. The van der Waals surface area contributed by atoms with Gasteiger partial charge in [0.15, 0.2) is 15.6 Å². The molecular weight excluding hydrogens is 528 g/mol. The van der Waals surface area contributed by atoms with Crippen molar-refractivity contribution >= 4 is 53.3 Å². The van der Waals surface area contributed by atoms with Gasteiger partial charge in [0.05, 0.1) is 29.3 Å². The van der Waals surface area contributed by atoms with E-state index in [0.717, 1.165) is 12.1 Å². The van der Waals surface area contributed by atoms with Crippen molar-refractivity contribution in [1.29, 1.82) is 0 Å². The Morgan fingerprint density at radius 1 is 0.914 bits per heavy atom. The van der Waals surface area contributed by atoms with E-state index in [-0.39, 0.29) is 16.3 Å². The van der Waals surface area contributed by atoms with Crippen LogP contribution < -0.4 is 4.74 Å². The fraction of sp³-hybridized carbons (Fsp3) is 0.158. The Kier molecular flexibility index (Phi) is 7.68. The number of fused-ring (bicyclic) bond motifs is 1. The summed E-state index contributed by atoms with van der Waals surface area (Å²) in [5.74, 6) is -1.32. The smallest absolute Gasteiger partial charge is 0.397 e. The summed E-state index contributed by atoms with van der Waals surface area (Å²) in [6, 6.07) is 11.0. The minimum atomic E-state index is -4.80. The zero-order chi connectivity index (χ0) is 26.0. The maximum Gasteiger partial charge on any atom is 0.397 e. The maximum atomic E-state index is 12.4. The van der Waals surface area contributed by atoms with Crippen LogP contribution in [0.1, 0.15) is 0 Å². The van der Waals surface area contributed by atoms with Gasteiger partial charge in [-0.2, -0.15) is 8.42 Å². The van der Waals surface area contributed by atoms with E-state index in [2.05, 4.69) is 14.4 Å². The van der Waals surface area contributed by atoms with E-state index in [1.165, 1.54) is 19.2 Å². The molecule has 3 aromatic rings. The van der Waals surface area contributed by atoms with Crippen LogP contribution in [0.2, 0.25) is 0 Å². The van der Waals surface area contributed by atoms with Crippen molar-refractivity contribution in [2.24, 2.45) is 10.2 Å². The standard InChI is InChI=1S/C19H20N2O11S3/c1-31-16-11-13(33(23,24)9-8-32-35(28,29)30)6-7-15(16)20-21-18-17(34(25,26)27)10-12-4-2-3-5-14(12)19(18)22/h2-7,10-11,22,25-27H,8-9H2,1H3,(H,28,29,30). The minimum Gasteiger partial charge on any atom is -0.505 e. The molecule has 0 aliphatic rings. The predicted molar refractivity (Wildman–Crippen MR) is 126 cm³/mol. The van der Waals surface area contributed by atoms with Crippen LogP contribution in [-0.2, 0) is 24.4 Å². The second-order valence-electron chi connectivity index (χ2n) is 6.91. The monoisotopic (exact) mass is 548 g/mol. The Hall–Kier alpha value is -2.83. The van der Waals surface area contributed by atoms with E-state index < -0.39 is 59.8 Å². The first kappa shape index (κ1) is 26.8. The number of sulfone groups is 1. The predicted octanol–water partition coefficient (Wildman–Crippen LogP) is 4.15. The number of ether oxygens (including phenoxy) is 1. The molecule has 0 saturated heterocycles. The summed E-state index contributed by atoms with van der Waals surface area (Å²) in [6.07, 6.45) is 0. The van der Waals surface area contributed by atoms with Gasteiger partial charge in [-0.05, 0) is 23.6 Å². The van der Waals surface area contributed by atoms with Gasteiger partial charge < -0.3 is 23.5 Å². The summed E-state index contributed by atoms with van der Waals surface area (Å²) in [6.45, 7) is -0.817. The Morgan fingerprint density at radius 3 is 2.23 bits per heavy atom. The van der Waals surface area contributed by atoms with Gasteiger partial charge in [-0.15, -0.1) is 10.2 Å². The third-order valence-electron chi connectivity index (χ3n) is 4.61. The van der Waals surface area contributed by atoms with Gasteiger partial charge >= 0.3 is 10.4 Å². The van der Waals surface area contributed by atoms with E-state index >= 15 is 0 Å². The maximum absolute atomic E-state index is 12.4. The van der Waals surface area contributed by atoms with E-state index in [9.17, 15) is 35.6 Å². The molecule has 0 heterocycles. The van der Waals surface area contributed by atoms with Crippen LogP contribution in [0.5, 0.6) is 11.5 Å². The molecule has 0 fully saturated rings. The van der Waals surface area contributed by atoms with E-state index in [1.807, 2.05) is 0 Å². The quantitative estimate of drug-likeness (QED) is 0.189. The summed E-state index contributed by atoms with van der Waals surface area (Å²) in [4.78, 5) is -0.750. The van der Waals surface area contributed by atoms with Gasteiger partial charge in [-0.3, -0.25) is 4.55 Å². The molecule has 0 spiro atoms. The Labute approximate surface area is 201 Å². The van der Waals surface area contributed by atoms with Crippen LogP contribution in [0.3, 0.4) is 0 Å². The third kappa shape index (κ3) is 6.44. The number of nitrogens with zero attached hydrogens (tertiary/aromatic N) is 2. The molecule has 0 bridgehead atoms. The van der Waals surface area contributed by atoms with Crippen molar-refractivity contribution in [3.8, 4) is 11.5 Å². The lowest BCUT2D eigenvalue weighted by Gasteiger charge is -2.22. The van der Waals surface area contributed by atoms with Crippen LogP contribution >= 0.6 is 10.9 Å². The van der Waals surface area contributed by atoms with Crippen molar-refractivity contribution < 1.29 is 49.1 Å². The van der Waals surface area contributed by atoms with Gasteiger partial charge in [-0.1, -0.05) is 24.3 Å². The van der Waals surface area contributed by atoms with Crippen molar-refractivity contribution in [2.45, 2.75) is 9.79 Å². The zero-order valence-corrected chi connectivity index (χ0v) is 20.3. The molecule has 35 heavy (non-hydrogen) atoms. The number of hydrogen-bond acceptors (Lipinski definition) is 12. The van der Waals surface area contributed by atoms with Crippen LogP contribution in [0.4, 0.5) is 11.4 Å². The van der Waals surface area contributed by atoms with Crippen LogP contribution in [0, 0.1) is 0 Å². The van der Waals surface area contributed by atoms with Gasteiger partial charge in [0, 0.05) is 11.5 Å². The van der Waals surface area contributed by atoms with E-state index in [0.29, 0.717) is 10.8 Å². The number of phenols is 1. The average molecular weight is 549 g/mol. The Bertz CT molecular complexity index is 1500. The molecule has 3 aromatic carbocycles. The van der Waals surface area contributed by atoms with E-state index in [4.69, 9.17) is 9.29 Å². The number of phenolic OH excluding ortho intramolecular Hbond substituents is 1. The molecule has 0 aromatic heterocycles. The lowest BCUT2D eigenvalue weighted by molar-refractivity contribution is 0.284. The highest BCUT2D eigenvalue weighted by Crippen LogP contribution is 2.54. The number of methoxy groups -OCH3 is 1. The molecule has 16 heteroatoms.